The number of ketones is 1. The summed E-state index contributed by atoms with van der Waals surface area (Å²) in [5.41, 5.74) is -0.947. The Morgan fingerprint density at radius 2 is 2.15 bits per heavy atom. The molecule has 0 amide bonds. The van der Waals surface area contributed by atoms with E-state index in [2.05, 4.69) is 0 Å². The van der Waals surface area contributed by atoms with Crippen LogP contribution in [0.3, 0.4) is 0 Å². The predicted octanol–water partition coefficient (Wildman–Crippen LogP) is 1.16. The molecule has 2 atom stereocenters. The molecule has 2 fully saturated rings. The number of hydrogen-bond acceptors (Lipinski definition) is 3. The summed E-state index contributed by atoms with van der Waals surface area (Å²) in [6.45, 7) is 3.96. The highest BCUT2D eigenvalue weighted by atomic mass is 16.5. The first-order valence-corrected chi connectivity index (χ1v) is 4.61. The number of hydrogen-bond donors (Lipinski definition) is 0. The summed E-state index contributed by atoms with van der Waals surface area (Å²) in [4.78, 5) is 23.2. The van der Waals surface area contributed by atoms with Crippen LogP contribution in [0.4, 0.5) is 0 Å². The molecule has 0 unspecified atom stereocenters. The molecular weight excluding hydrogens is 168 g/mol. The van der Waals surface area contributed by atoms with E-state index in [0.29, 0.717) is 6.42 Å². The van der Waals surface area contributed by atoms with Crippen LogP contribution >= 0.6 is 0 Å². The van der Waals surface area contributed by atoms with E-state index < -0.39 is 5.41 Å². The van der Waals surface area contributed by atoms with E-state index in [-0.39, 0.29) is 23.1 Å². The van der Waals surface area contributed by atoms with Crippen molar-refractivity contribution in [2.75, 3.05) is 7.11 Å². The second-order valence-corrected chi connectivity index (χ2v) is 4.54. The number of fused-ring (bicyclic) bond motifs is 1. The van der Waals surface area contributed by atoms with Crippen LogP contribution in [0.5, 0.6) is 0 Å². The summed E-state index contributed by atoms with van der Waals surface area (Å²) in [7, 11) is 1.36. The van der Waals surface area contributed by atoms with E-state index in [9.17, 15) is 9.59 Å². The van der Waals surface area contributed by atoms with Crippen molar-refractivity contribution in [1.82, 2.24) is 0 Å². The monoisotopic (exact) mass is 182 g/mol. The van der Waals surface area contributed by atoms with Crippen molar-refractivity contribution >= 4 is 11.8 Å². The lowest BCUT2D eigenvalue weighted by atomic mass is 9.90. The highest BCUT2D eigenvalue weighted by Crippen LogP contribution is 2.75. The van der Waals surface area contributed by atoms with Crippen LogP contribution in [0, 0.1) is 16.7 Å². The van der Waals surface area contributed by atoms with E-state index in [0.717, 1.165) is 6.42 Å². The molecule has 3 nitrogen and oxygen atoms in total. The Hall–Kier alpha value is -0.860. The Morgan fingerprint density at radius 1 is 1.54 bits per heavy atom. The normalized spacial score (nSPS) is 39.9. The summed E-state index contributed by atoms with van der Waals surface area (Å²) in [5, 5.41) is 0. The number of rotatable bonds is 1. The van der Waals surface area contributed by atoms with Gasteiger partial charge in [-0.3, -0.25) is 9.59 Å². The summed E-state index contributed by atoms with van der Waals surface area (Å²) in [6, 6.07) is 0. The zero-order valence-corrected chi connectivity index (χ0v) is 8.22. The van der Waals surface area contributed by atoms with Gasteiger partial charge in [-0.1, -0.05) is 13.8 Å². The maximum atomic E-state index is 11.7. The van der Waals surface area contributed by atoms with Gasteiger partial charge in [-0.25, -0.2) is 0 Å². The second kappa shape index (κ2) is 2.14. The average molecular weight is 182 g/mol. The van der Waals surface area contributed by atoms with E-state index in [4.69, 9.17) is 4.74 Å². The van der Waals surface area contributed by atoms with Gasteiger partial charge in [-0.15, -0.1) is 0 Å². The number of methoxy groups -OCH3 is 1. The Morgan fingerprint density at radius 3 is 2.54 bits per heavy atom. The Balaban J connectivity index is 2.40. The highest BCUT2D eigenvalue weighted by Gasteiger charge is 2.82. The standard InChI is InChI=1S/C10H14O3/c1-9(2)6-4-5-7(11)10(6,9)8(12)13-3/h6H,4-5H2,1-3H3/t6-,10+/m0/s1. The molecule has 0 heterocycles. The first-order chi connectivity index (χ1) is 5.99. The van der Waals surface area contributed by atoms with Crippen LogP contribution in [-0.4, -0.2) is 18.9 Å². The molecule has 3 heteroatoms. The van der Waals surface area contributed by atoms with E-state index in [1.807, 2.05) is 13.8 Å². The Bertz CT molecular complexity index is 293. The molecule has 2 aliphatic carbocycles. The third kappa shape index (κ3) is 0.675. The number of esters is 1. The SMILES string of the molecule is COC(=O)[C@]12C(=O)CC[C@H]1C2(C)C. The largest absolute Gasteiger partial charge is 0.468 e. The molecule has 72 valence electrons. The topological polar surface area (TPSA) is 43.4 Å². The quantitative estimate of drug-likeness (QED) is 0.451. The maximum absolute atomic E-state index is 11.7. The van der Waals surface area contributed by atoms with Crippen LogP contribution in [0.1, 0.15) is 26.7 Å². The third-order valence-corrected chi connectivity index (χ3v) is 3.93. The molecule has 2 saturated carbocycles. The summed E-state index contributed by atoms with van der Waals surface area (Å²) >= 11 is 0. The van der Waals surface area contributed by atoms with E-state index >= 15 is 0 Å². The lowest BCUT2D eigenvalue weighted by Crippen LogP contribution is -2.30. The minimum Gasteiger partial charge on any atom is -0.468 e. The van der Waals surface area contributed by atoms with Gasteiger partial charge in [-0.05, 0) is 17.8 Å². The van der Waals surface area contributed by atoms with Gasteiger partial charge in [0, 0.05) is 6.42 Å². The average Bonchev–Trinajstić information content (AvgIpc) is 2.41. The molecule has 0 aromatic carbocycles. The van der Waals surface area contributed by atoms with Crippen LogP contribution < -0.4 is 0 Å². The van der Waals surface area contributed by atoms with Crippen molar-refractivity contribution in [1.29, 1.82) is 0 Å². The van der Waals surface area contributed by atoms with Gasteiger partial charge in [0.2, 0.25) is 0 Å². The fourth-order valence-electron chi connectivity index (χ4n) is 3.15. The predicted molar refractivity (Wildman–Crippen MR) is 46.0 cm³/mol. The number of ether oxygens (including phenoxy) is 1. The molecular formula is C10H14O3. The molecule has 0 aromatic rings. The van der Waals surface area contributed by atoms with Crippen LogP contribution in [0.2, 0.25) is 0 Å². The molecule has 0 saturated heterocycles. The summed E-state index contributed by atoms with van der Waals surface area (Å²) in [5.74, 6) is -0.0284. The van der Waals surface area contributed by atoms with Gasteiger partial charge in [0.25, 0.3) is 0 Å². The van der Waals surface area contributed by atoms with Gasteiger partial charge < -0.3 is 4.74 Å². The summed E-state index contributed by atoms with van der Waals surface area (Å²) < 4.78 is 4.73. The number of carbonyl (C=O) groups excluding carboxylic acids is 2. The van der Waals surface area contributed by atoms with Gasteiger partial charge >= 0.3 is 5.97 Å². The van der Waals surface area contributed by atoms with Crippen molar-refractivity contribution in [3.63, 3.8) is 0 Å². The molecule has 0 aliphatic heterocycles. The first-order valence-electron chi connectivity index (χ1n) is 4.61. The minimum absolute atomic E-state index is 0.0781. The van der Waals surface area contributed by atoms with Crippen molar-refractivity contribution in [3.8, 4) is 0 Å². The van der Waals surface area contributed by atoms with Crippen molar-refractivity contribution in [3.05, 3.63) is 0 Å². The minimum atomic E-state index is -0.776. The van der Waals surface area contributed by atoms with Gasteiger partial charge in [-0.2, -0.15) is 0 Å². The number of carbonyl (C=O) groups is 2. The van der Waals surface area contributed by atoms with Crippen LogP contribution in [0.15, 0.2) is 0 Å². The fraction of sp³-hybridized carbons (Fsp3) is 0.800. The second-order valence-electron chi connectivity index (χ2n) is 4.54. The van der Waals surface area contributed by atoms with Gasteiger partial charge in [0.1, 0.15) is 5.41 Å². The van der Waals surface area contributed by atoms with E-state index in [1.54, 1.807) is 0 Å². The zero-order chi connectivity index (χ0) is 9.85. The molecule has 2 rings (SSSR count). The van der Waals surface area contributed by atoms with Crippen LogP contribution in [-0.2, 0) is 14.3 Å². The lowest BCUT2D eigenvalue weighted by Gasteiger charge is -2.14. The van der Waals surface area contributed by atoms with Gasteiger partial charge in [0.05, 0.1) is 7.11 Å². The first kappa shape index (κ1) is 8.73. The molecule has 0 bridgehead atoms. The molecule has 0 radical (unpaired) electrons. The molecule has 0 aromatic heterocycles. The molecule has 0 N–H and O–H groups in total. The number of Topliss-reactive ketones (excluding diaryl/α,β-unsaturated/α-hetero) is 1. The molecule has 13 heavy (non-hydrogen) atoms. The molecule has 0 spiro atoms. The zero-order valence-electron chi connectivity index (χ0n) is 8.22. The van der Waals surface area contributed by atoms with Crippen molar-refractivity contribution in [2.24, 2.45) is 16.7 Å². The summed E-state index contributed by atoms with van der Waals surface area (Å²) in [6.07, 6.45) is 1.39. The Kier molecular flexibility index (Phi) is 1.44. The third-order valence-electron chi connectivity index (χ3n) is 3.93. The lowest BCUT2D eigenvalue weighted by molar-refractivity contribution is -0.152. The van der Waals surface area contributed by atoms with E-state index in [1.165, 1.54) is 7.11 Å². The van der Waals surface area contributed by atoms with Crippen LogP contribution in [0.25, 0.3) is 0 Å². The van der Waals surface area contributed by atoms with Crippen molar-refractivity contribution < 1.29 is 14.3 Å². The van der Waals surface area contributed by atoms with Crippen molar-refractivity contribution in [2.45, 2.75) is 26.7 Å². The maximum Gasteiger partial charge on any atom is 0.320 e. The Labute approximate surface area is 77.4 Å². The van der Waals surface area contributed by atoms with Gasteiger partial charge in [0.15, 0.2) is 5.78 Å². The highest BCUT2D eigenvalue weighted by molar-refractivity contribution is 6.10. The fourth-order valence-corrected chi connectivity index (χ4v) is 3.15. The smallest absolute Gasteiger partial charge is 0.320 e. The molecule has 2 aliphatic rings.